The predicted molar refractivity (Wildman–Crippen MR) is 69.4 cm³/mol. The fraction of sp³-hybridized carbons (Fsp3) is 0.667. The van der Waals surface area contributed by atoms with Crippen LogP contribution in [0.3, 0.4) is 0 Å². The minimum absolute atomic E-state index is 0.164. The van der Waals surface area contributed by atoms with Gasteiger partial charge in [-0.05, 0) is 25.7 Å². The number of nitrogens with one attached hydrogen (secondary N) is 1. The van der Waals surface area contributed by atoms with Gasteiger partial charge in [0.05, 0.1) is 5.69 Å². The van der Waals surface area contributed by atoms with Crippen LogP contribution in [-0.2, 0) is 6.54 Å². The molecule has 0 aromatic carbocycles. The summed E-state index contributed by atoms with van der Waals surface area (Å²) in [6, 6.07) is 0.437. The van der Waals surface area contributed by atoms with Crippen LogP contribution in [0, 0.1) is 5.92 Å². The molecule has 0 saturated heterocycles. The lowest BCUT2D eigenvalue weighted by molar-refractivity contribution is 0.0696. The first-order valence-electron chi connectivity index (χ1n) is 5.90. The highest BCUT2D eigenvalue weighted by molar-refractivity contribution is 7.11. The number of rotatable bonds is 7. The van der Waals surface area contributed by atoms with Crippen molar-refractivity contribution in [1.29, 1.82) is 0 Å². The van der Waals surface area contributed by atoms with E-state index in [9.17, 15) is 4.79 Å². The van der Waals surface area contributed by atoms with Gasteiger partial charge in [0, 0.05) is 18.0 Å². The average molecular weight is 256 g/mol. The molecule has 96 valence electrons. The number of hydrogen-bond donors (Lipinski definition) is 2. The minimum atomic E-state index is -0.950. The second-order valence-corrected chi connectivity index (χ2v) is 5.56. The van der Waals surface area contributed by atoms with Gasteiger partial charge in [0.25, 0.3) is 0 Å². The average Bonchev–Trinajstić information content (AvgIpc) is 2.72. The third-order valence-corrected chi connectivity index (χ3v) is 3.42. The molecule has 0 aliphatic rings. The van der Waals surface area contributed by atoms with Gasteiger partial charge in [0.15, 0.2) is 0 Å². The van der Waals surface area contributed by atoms with Crippen molar-refractivity contribution in [2.45, 2.75) is 46.2 Å². The van der Waals surface area contributed by atoms with Crippen molar-refractivity contribution in [2.75, 3.05) is 0 Å². The smallest absolute Gasteiger partial charge is 0.365 e. The molecule has 5 heteroatoms. The zero-order valence-electron chi connectivity index (χ0n) is 10.6. The summed E-state index contributed by atoms with van der Waals surface area (Å²) in [6.45, 7) is 7.22. The van der Waals surface area contributed by atoms with Crippen LogP contribution >= 0.6 is 11.3 Å². The van der Waals surface area contributed by atoms with Crippen LogP contribution in [0.5, 0.6) is 0 Å². The Morgan fingerprint density at radius 2 is 2.18 bits per heavy atom. The molecule has 1 aromatic rings. The second-order valence-electron chi connectivity index (χ2n) is 4.70. The number of carboxylic acid groups (broad SMARTS) is 1. The third kappa shape index (κ3) is 5.28. The number of aromatic carboxylic acids is 1. The van der Waals surface area contributed by atoms with Crippen molar-refractivity contribution in [2.24, 2.45) is 5.92 Å². The molecule has 1 unspecified atom stereocenters. The summed E-state index contributed by atoms with van der Waals surface area (Å²) >= 11 is 1.18. The van der Waals surface area contributed by atoms with Crippen molar-refractivity contribution in [3.8, 4) is 0 Å². The lowest BCUT2D eigenvalue weighted by atomic mass is 10.0. The summed E-state index contributed by atoms with van der Waals surface area (Å²) in [6.07, 6.45) is 2.33. The maximum absolute atomic E-state index is 10.7. The highest BCUT2D eigenvalue weighted by Gasteiger charge is 2.09. The second kappa shape index (κ2) is 6.71. The Morgan fingerprint density at radius 1 is 1.47 bits per heavy atom. The SMILES string of the molecule is CC(C)CCC(C)NCc1csc(C(=O)O)n1. The zero-order chi connectivity index (χ0) is 12.8. The summed E-state index contributed by atoms with van der Waals surface area (Å²) in [5.41, 5.74) is 0.809. The summed E-state index contributed by atoms with van der Waals surface area (Å²) in [5, 5.41) is 14.1. The third-order valence-electron chi connectivity index (χ3n) is 2.54. The molecule has 1 rings (SSSR count). The summed E-state index contributed by atoms with van der Waals surface area (Å²) in [5.74, 6) is -0.230. The van der Waals surface area contributed by atoms with E-state index < -0.39 is 5.97 Å². The van der Waals surface area contributed by atoms with Crippen LogP contribution in [-0.4, -0.2) is 22.1 Å². The minimum Gasteiger partial charge on any atom is -0.476 e. The van der Waals surface area contributed by atoms with Crippen LogP contribution in [0.4, 0.5) is 0 Å². The van der Waals surface area contributed by atoms with Crippen LogP contribution < -0.4 is 5.32 Å². The Hall–Kier alpha value is -0.940. The molecule has 0 fully saturated rings. The number of nitrogens with zero attached hydrogens (tertiary/aromatic N) is 1. The molecule has 2 N–H and O–H groups in total. The first kappa shape index (κ1) is 14.1. The maximum Gasteiger partial charge on any atom is 0.365 e. The highest BCUT2D eigenvalue weighted by atomic mass is 32.1. The molecule has 4 nitrogen and oxygen atoms in total. The number of thiazole rings is 1. The van der Waals surface area contributed by atoms with E-state index in [4.69, 9.17) is 5.11 Å². The molecule has 17 heavy (non-hydrogen) atoms. The van der Waals surface area contributed by atoms with Gasteiger partial charge >= 0.3 is 5.97 Å². The van der Waals surface area contributed by atoms with Gasteiger partial charge in [-0.25, -0.2) is 9.78 Å². The monoisotopic (exact) mass is 256 g/mol. The Labute approximate surface area is 106 Å². The Kier molecular flexibility index (Phi) is 5.58. The molecular weight excluding hydrogens is 236 g/mol. The molecule has 1 aromatic heterocycles. The summed E-state index contributed by atoms with van der Waals surface area (Å²) in [7, 11) is 0. The molecule has 0 radical (unpaired) electrons. The van der Waals surface area contributed by atoms with Gasteiger partial charge in [-0.2, -0.15) is 0 Å². The van der Waals surface area contributed by atoms with E-state index in [1.165, 1.54) is 17.8 Å². The van der Waals surface area contributed by atoms with Gasteiger partial charge < -0.3 is 10.4 Å². The summed E-state index contributed by atoms with van der Waals surface area (Å²) in [4.78, 5) is 14.7. The quantitative estimate of drug-likeness (QED) is 0.787. The Morgan fingerprint density at radius 3 is 2.71 bits per heavy atom. The first-order valence-corrected chi connectivity index (χ1v) is 6.78. The molecule has 0 bridgehead atoms. The van der Waals surface area contributed by atoms with Crippen LogP contribution in [0.15, 0.2) is 5.38 Å². The van der Waals surface area contributed by atoms with E-state index in [1.54, 1.807) is 5.38 Å². The number of aromatic nitrogens is 1. The predicted octanol–water partition coefficient (Wildman–Crippen LogP) is 2.76. The molecular formula is C12H20N2O2S. The van der Waals surface area contributed by atoms with E-state index in [2.05, 4.69) is 31.1 Å². The van der Waals surface area contributed by atoms with E-state index in [0.717, 1.165) is 18.0 Å². The van der Waals surface area contributed by atoms with Gasteiger partial charge in [-0.1, -0.05) is 13.8 Å². The Balaban J connectivity index is 2.31. The fourth-order valence-corrected chi connectivity index (χ4v) is 2.11. The first-order chi connectivity index (χ1) is 7.99. The molecule has 0 aliphatic heterocycles. The lowest BCUT2D eigenvalue weighted by Gasteiger charge is -2.13. The van der Waals surface area contributed by atoms with E-state index in [1.807, 2.05) is 0 Å². The van der Waals surface area contributed by atoms with E-state index in [-0.39, 0.29) is 5.01 Å². The Bertz CT molecular complexity index is 363. The normalized spacial score (nSPS) is 12.9. The maximum atomic E-state index is 10.7. The molecule has 0 aliphatic carbocycles. The molecule has 0 saturated carbocycles. The number of carbonyl (C=O) groups is 1. The van der Waals surface area contributed by atoms with Crippen molar-refractivity contribution < 1.29 is 9.90 Å². The van der Waals surface area contributed by atoms with Gasteiger partial charge in [0.1, 0.15) is 0 Å². The van der Waals surface area contributed by atoms with Crippen LogP contribution in [0.1, 0.15) is 49.1 Å². The van der Waals surface area contributed by atoms with E-state index >= 15 is 0 Å². The lowest BCUT2D eigenvalue weighted by Crippen LogP contribution is -2.25. The molecule has 1 heterocycles. The van der Waals surface area contributed by atoms with Crippen molar-refractivity contribution in [3.63, 3.8) is 0 Å². The fourth-order valence-electron chi connectivity index (χ4n) is 1.45. The van der Waals surface area contributed by atoms with Crippen LogP contribution in [0.2, 0.25) is 0 Å². The number of carboxylic acids is 1. The van der Waals surface area contributed by atoms with Gasteiger partial charge in [-0.15, -0.1) is 11.3 Å². The summed E-state index contributed by atoms with van der Waals surface area (Å²) < 4.78 is 0. The topological polar surface area (TPSA) is 62.2 Å². The molecule has 0 amide bonds. The van der Waals surface area contributed by atoms with Crippen molar-refractivity contribution in [1.82, 2.24) is 10.3 Å². The number of hydrogen-bond acceptors (Lipinski definition) is 4. The largest absolute Gasteiger partial charge is 0.476 e. The van der Waals surface area contributed by atoms with E-state index in [0.29, 0.717) is 12.6 Å². The molecule has 1 atom stereocenters. The van der Waals surface area contributed by atoms with Gasteiger partial charge in [-0.3, -0.25) is 0 Å². The van der Waals surface area contributed by atoms with Crippen molar-refractivity contribution >= 4 is 17.3 Å². The zero-order valence-corrected chi connectivity index (χ0v) is 11.4. The highest BCUT2D eigenvalue weighted by Crippen LogP contribution is 2.11. The molecule has 0 spiro atoms. The van der Waals surface area contributed by atoms with Crippen molar-refractivity contribution in [3.05, 3.63) is 16.1 Å². The standard InChI is InChI=1S/C12H20N2O2S/c1-8(2)4-5-9(3)13-6-10-7-17-11(14-10)12(15)16/h7-9,13H,4-6H2,1-3H3,(H,15,16). The van der Waals surface area contributed by atoms with Gasteiger partial charge in [0.2, 0.25) is 5.01 Å². The van der Waals surface area contributed by atoms with Crippen LogP contribution in [0.25, 0.3) is 0 Å².